The molecule has 3 rings (SSSR count). The molecule has 0 aliphatic rings. The molecule has 3 aromatic heterocycles. The van der Waals surface area contributed by atoms with Gasteiger partial charge in [0.25, 0.3) is 5.91 Å². The summed E-state index contributed by atoms with van der Waals surface area (Å²) in [6.45, 7) is 2.65. The van der Waals surface area contributed by atoms with Crippen molar-refractivity contribution in [3.8, 4) is 0 Å². The van der Waals surface area contributed by atoms with Gasteiger partial charge in [0.2, 0.25) is 0 Å². The van der Waals surface area contributed by atoms with E-state index in [2.05, 4.69) is 15.5 Å². The van der Waals surface area contributed by atoms with Gasteiger partial charge in [-0.3, -0.25) is 14.2 Å². The van der Waals surface area contributed by atoms with Crippen LogP contribution in [0.2, 0.25) is 5.02 Å². The number of carbonyl (C=O) groups is 1. The van der Waals surface area contributed by atoms with Gasteiger partial charge < -0.3 is 9.73 Å². The fourth-order valence-corrected chi connectivity index (χ4v) is 2.59. The highest BCUT2D eigenvalue weighted by molar-refractivity contribution is 6.31. The first kappa shape index (κ1) is 19.0. The second-order valence-electron chi connectivity index (χ2n) is 5.90. The van der Waals surface area contributed by atoms with E-state index in [1.165, 1.54) is 6.07 Å². The van der Waals surface area contributed by atoms with Crippen LogP contribution in [0.3, 0.4) is 0 Å². The molecule has 0 radical (unpaired) electrons. The van der Waals surface area contributed by atoms with E-state index < -0.39 is 18.6 Å². The molecular weight excluding hydrogens is 387 g/mol. The van der Waals surface area contributed by atoms with E-state index in [9.17, 15) is 18.0 Å². The fraction of sp³-hybridized carbons (Fsp3) is 0.312. The lowest BCUT2D eigenvalue weighted by Gasteiger charge is -2.05. The SMILES string of the molecule is Cc1nn(Cc2ccc(C(=O)Nc3cnn(CC(F)(F)F)c3)o2)c(C)c1Cl. The van der Waals surface area contributed by atoms with Gasteiger partial charge in [-0.1, -0.05) is 11.6 Å². The molecule has 0 saturated carbocycles. The molecule has 1 amide bonds. The van der Waals surface area contributed by atoms with Gasteiger partial charge in [-0.25, -0.2) is 0 Å². The molecular formula is C16H15ClF3N5O2. The van der Waals surface area contributed by atoms with E-state index in [1.54, 1.807) is 17.7 Å². The Hall–Kier alpha value is -2.75. The molecule has 0 aliphatic carbocycles. The molecule has 0 bridgehead atoms. The minimum absolute atomic E-state index is 0.0150. The third-order valence-corrected chi connectivity index (χ3v) is 4.26. The number of aromatic nitrogens is 4. The van der Waals surface area contributed by atoms with Gasteiger partial charge in [0.15, 0.2) is 5.76 Å². The van der Waals surface area contributed by atoms with Crippen molar-refractivity contribution < 1.29 is 22.4 Å². The van der Waals surface area contributed by atoms with Crippen LogP contribution in [0.15, 0.2) is 28.9 Å². The number of nitrogens with zero attached hydrogens (tertiary/aromatic N) is 4. The number of alkyl halides is 3. The third kappa shape index (κ3) is 4.51. The van der Waals surface area contributed by atoms with Crippen molar-refractivity contribution in [3.63, 3.8) is 0 Å². The smallest absolute Gasteiger partial charge is 0.408 e. The molecule has 0 spiro atoms. The molecule has 0 aromatic carbocycles. The van der Waals surface area contributed by atoms with Crippen LogP contribution in [0.5, 0.6) is 0 Å². The Morgan fingerprint density at radius 2 is 2.07 bits per heavy atom. The highest BCUT2D eigenvalue weighted by atomic mass is 35.5. The average Bonchev–Trinajstić information content (AvgIpc) is 3.25. The number of halogens is 4. The Kier molecular flexibility index (Phi) is 5.01. The Labute approximate surface area is 156 Å². The number of hydrogen-bond acceptors (Lipinski definition) is 4. The van der Waals surface area contributed by atoms with E-state index in [4.69, 9.17) is 16.0 Å². The summed E-state index contributed by atoms with van der Waals surface area (Å²) in [5.41, 5.74) is 1.59. The van der Waals surface area contributed by atoms with Gasteiger partial charge in [0, 0.05) is 6.20 Å². The van der Waals surface area contributed by atoms with E-state index >= 15 is 0 Å². The monoisotopic (exact) mass is 401 g/mol. The highest BCUT2D eigenvalue weighted by Crippen LogP contribution is 2.21. The van der Waals surface area contributed by atoms with Crippen LogP contribution < -0.4 is 5.32 Å². The number of hydrogen-bond donors (Lipinski definition) is 1. The fourth-order valence-electron chi connectivity index (χ4n) is 2.45. The van der Waals surface area contributed by atoms with Gasteiger partial charge >= 0.3 is 6.18 Å². The standard InChI is InChI=1S/C16H15ClF3N5O2/c1-9-14(17)10(2)25(23-9)7-12-3-4-13(27-12)15(26)22-11-5-21-24(6-11)8-16(18,19)20/h3-6H,7-8H2,1-2H3,(H,22,26). The lowest BCUT2D eigenvalue weighted by Crippen LogP contribution is -2.17. The number of rotatable bonds is 5. The molecule has 3 aromatic rings. The molecule has 0 aliphatic heterocycles. The zero-order valence-electron chi connectivity index (χ0n) is 14.3. The van der Waals surface area contributed by atoms with Gasteiger partial charge in [-0.05, 0) is 26.0 Å². The summed E-state index contributed by atoms with van der Waals surface area (Å²) in [5, 5.41) is 10.8. The van der Waals surface area contributed by atoms with Crippen molar-refractivity contribution in [3.05, 3.63) is 52.5 Å². The maximum absolute atomic E-state index is 12.3. The summed E-state index contributed by atoms with van der Waals surface area (Å²) in [6.07, 6.45) is -2.17. The second kappa shape index (κ2) is 7.10. The van der Waals surface area contributed by atoms with Crippen LogP contribution in [-0.2, 0) is 13.1 Å². The summed E-state index contributed by atoms with van der Waals surface area (Å²) in [7, 11) is 0. The second-order valence-corrected chi connectivity index (χ2v) is 6.28. The molecule has 3 heterocycles. The van der Waals surface area contributed by atoms with Crippen molar-refractivity contribution >= 4 is 23.2 Å². The minimum Gasteiger partial charge on any atom is -0.454 e. The summed E-state index contributed by atoms with van der Waals surface area (Å²) in [6, 6.07) is 3.09. The lowest BCUT2D eigenvalue weighted by atomic mass is 10.3. The van der Waals surface area contributed by atoms with Crippen LogP contribution >= 0.6 is 11.6 Å². The maximum atomic E-state index is 12.3. The summed E-state index contributed by atoms with van der Waals surface area (Å²) >= 11 is 6.10. The number of amides is 1. The van der Waals surface area contributed by atoms with Crippen molar-refractivity contribution in [1.29, 1.82) is 0 Å². The number of nitrogens with one attached hydrogen (secondary N) is 1. The molecule has 27 heavy (non-hydrogen) atoms. The van der Waals surface area contributed by atoms with Crippen molar-refractivity contribution in [2.75, 3.05) is 5.32 Å². The van der Waals surface area contributed by atoms with Gasteiger partial charge in [0.05, 0.1) is 34.8 Å². The maximum Gasteiger partial charge on any atom is 0.408 e. The Morgan fingerprint density at radius 3 is 2.70 bits per heavy atom. The average molecular weight is 402 g/mol. The summed E-state index contributed by atoms with van der Waals surface area (Å²) < 4.78 is 44.8. The summed E-state index contributed by atoms with van der Waals surface area (Å²) in [5.74, 6) is -0.101. The predicted octanol–water partition coefficient (Wildman–Crippen LogP) is 3.81. The van der Waals surface area contributed by atoms with E-state index in [1.807, 2.05) is 6.92 Å². The molecule has 144 valence electrons. The lowest BCUT2D eigenvalue weighted by molar-refractivity contribution is -0.142. The number of furan rings is 1. The van der Waals surface area contributed by atoms with Crippen LogP contribution in [0.4, 0.5) is 18.9 Å². The normalized spacial score (nSPS) is 11.8. The number of carbonyl (C=O) groups excluding carboxylic acids is 1. The summed E-state index contributed by atoms with van der Waals surface area (Å²) in [4.78, 5) is 12.2. The topological polar surface area (TPSA) is 77.9 Å². The number of aryl methyl sites for hydroxylation is 1. The highest BCUT2D eigenvalue weighted by Gasteiger charge is 2.28. The molecule has 0 atom stereocenters. The Balaban J connectivity index is 1.65. The quantitative estimate of drug-likeness (QED) is 0.705. The van der Waals surface area contributed by atoms with Crippen LogP contribution in [0.1, 0.15) is 27.7 Å². The number of anilines is 1. The first-order chi connectivity index (χ1) is 12.6. The predicted molar refractivity (Wildman–Crippen MR) is 90.8 cm³/mol. The third-order valence-electron chi connectivity index (χ3n) is 3.72. The molecule has 0 saturated heterocycles. The Morgan fingerprint density at radius 1 is 1.33 bits per heavy atom. The first-order valence-electron chi connectivity index (χ1n) is 7.81. The van der Waals surface area contributed by atoms with Crippen molar-refractivity contribution in [2.45, 2.75) is 33.1 Å². The van der Waals surface area contributed by atoms with Crippen LogP contribution in [-0.4, -0.2) is 31.6 Å². The zero-order valence-corrected chi connectivity index (χ0v) is 15.1. The Bertz CT molecular complexity index is 973. The van der Waals surface area contributed by atoms with Crippen LogP contribution in [0, 0.1) is 13.8 Å². The van der Waals surface area contributed by atoms with E-state index in [-0.39, 0.29) is 18.0 Å². The molecule has 11 heteroatoms. The molecule has 7 nitrogen and oxygen atoms in total. The van der Waals surface area contributed by atoms with Crippen molar-refractivity contribution in [1.82, 2.24) is 19.6 Å². The van der Waals surface area contributed by atoms with Gasteiger partial charge in [-0.15, -0.1) is 0 Å². The van der Waals surface area contributed by atoms with E-state index in [0.29, 0.717) is 21.2 Å². The van der Waals surface area contributed by atoms with Gasteiger partial charge in [0.1, 0.15) is 12.3 Å². The minimum atomic E-state index is -4.39. The molecule has 1 N–H and O–H groups in total. The van der Waals surface area contributed by atoms with Crippen LogP contribution in [0.25, 0.3) is 0 Å². The van der Waals surface area contributed by atoms with Crippen molar-refractivity contribution in [2.24, 2.45) is 0 Å². The molecule has 0 unspecified atom stereocenters. The molecule has 0 fully saturated rings. The first-order valence-corrected chi connectivity index (χ1v) is 8.19. The zero-order chi connectivity index (χ0) is 19.8. The van der Waals surface area contributed by atoms with E-state index in [0.717, 1.165) is 18.1 Å². The largest absolute Gasteiger partial charge is 0.454 e. The van der Waals surface area contributed by atoms with Gasteiger partial charge in [-0.2, -0.15) is 23.4 Å².